The highest BCUT2D eigenvalue weighted by atomic mass is 16.5. The smallest absolute Gasteiger partial charge is 0.338 e. The van der Waals surface area contributed by atoms with Gasteiger partial charge in [0.15, 0.2) is 0 Å². The van der Waals surface area contributed by atoms with Gasteiger partial charge in [0.2, 0.25) is 0 Å². The van der Waals surface area contributed by atoms with Crippen molar-refractivity contribution < 1.29 is 19.8 Å². The number of esters is 1. The Morgan fingerprint density at radius 1 is 0.929 bits per heavy atom. The summed E-state index contributed by atoms with van der Waals surface area (Å²) in [6, 6.07) is 7.81. The molecule has 6 nitrogen and oxygen atoms in total. The maximum atomic E-state index is 12.6. The van der Waals surface area contributed by atoms with Crippen molar-refractivity contribution in [2.45, 2.75) is 13.8 Å². The molecule has 0 fully saturated rings. The van der Waals surface area contributed by atoms with E-state index in [0.717, 1.165) is 39.2 Å². The zero-order chi connectivity index (χ0) is 20.3. The molecule has 0 saturated heterocycles. The minimum atomic E-state index is -0.408. The van der Waals surface area contributed by atoms with Crippen molar-refractivity contribution in [3.63, 3.8) is 0 Å². The summed E-state index contributed by atoms with van der Waals surface area (Å²) in [5, 5.41) is 0. The van der Waals surface area contributed by atoms with Gasteiger partial charge < -0.3 is 20.0 Å². The van der Waals surface area contributed by atoms with Crippen molar-refractivity contribution in [3.8, 4) is 11.1 Å². The van der Waals surface area contributed by atoms with Crippen LogP contribution >= 0.6 is 0 Å². The number of carbonyl (C=O) groups is 1. The minimum absolute atomic E-state index is 0. The van der Waals surface area contributed by atoms with Gasteiger partial charge in [-0.15, -0.1) is 0 Å². The van der Waals surface area contributed by atoms with Gasteiger partial charge in [-0.2, -0.15) is 0 Å². The van der Waals surface area contributed by atoms with E-state index in [1.54, 1.807) is 0 Å². The summed E-state index contributed by atoms with van der Waals surface area (Å²) in [7, 11) is 9.11. The molecule has 0 unspecified atom stereocenters. The number of methoxy groups -OCH3 is 1. The average Bonchev–Trinajstić information content (AvgIpc) is 2.61. The third-order valence-electron chi connectivity index (χ3n) is 4.57. The number of nitrogens with zero attached hydrogens (tertiary/aromatic N) is 2. The first kappa shape index (κ1) is 23.0. The molecule has 0 radical (unpaired) electrons. The van der Waals surface area contributed by atoms with Crippen LogP contribution in [0.15, 0.2) is 24.3 Å². The standard InChI is InChI=1S/C22H26N2O3.H2O/c1-14-10-17(23(3)4)12-16(8-9-25)20(14)21-15(2)11-18(24(5)6)13-19(21)22(26)27-7;/h8,10-13H,1-7H3;1H2. The molecule has 0 aliphatic heterocycles. The van der Waals surface area contributed by atoms with Crippen molar-refractivity contribution in [2.75, 3.05) is 45.1 Å². The Morgan fingerprint density at radius 2 is 1.43 bits per heavy atom. The summed E-state index contributed by atoms with van der Waals surface area (Å²) >= 11 is 0. The highest BCUT2D eigenvalue weighted by Gasteiger charge is 2.21. The lowest BCUT2D eigenvalue weighted by molar-refractivity contribution is 0.0601. The van der Waals surface area contributed by atoms with Crippen molar-refractivity contribution >= 4 is 29.4 Å². The van der Waals surface area contributed by atoms with Crippen LogP contribution in [-0.4, -0.2) is 52.7 Å². The Bertz CT molecular complexity index is 927. The van der Waals surface area contributed by atoms with Crippen LogP contribution in [0.1, 0.15) is 27.0 Å². The van der Waals surface area contributed by atoms with Gasteiger partial charge in [-0.3, -0.25) is 0 Å². The summed E-state index contributed by atoms with van der Waals surface area (Å²) in [5.74, 6) is 1.47. The Balaban J connectivity index is 0.00000392. The van der Waals surface area contributed by atoms with Crippen LogP contribution < -0.4 is 9.80 Å². The van der Waals surface area contributed by atoms with Crippen LogP contribution in [0.5, 0.6) is 0 Å². The first-order chi connectivity index (χ1) is 12.7. The number of benzene rings is 2. The fraction of sp³-hybridized carbons (Fsp3) is 0.318. The molecular weight excluding hydrogens is 356 g/mol. The van der Waals surface area contributed by atoms with Crippen LogP contribution in [0.4, 0.5) is 11.4 Å². The first-order valence-electron chi connectivity index (χ1n) is 8.64. The summed E-state index contributed by atoms with van der Waals surface area (Å²) in [4.78, 5) is 27.6. The second-order valence-electron chi connectivity index (χ2n) is 6.95. The fourth-order valence-corrected chi connectivity index (χ4v) is 3.20. The molecule has 0 heterocycles. The molecule has 28 heavy (non-hydrogen) atoms. The average molecular weight is 384 g/mol. The van der Waals surface area contributed by atoms with Crippen LogP contribution in [0.2, 0.25) is 0 Å². The van der Waals surface area contributed by atoms with Gasteiger partial charge in [-0.25, -0.2) is 9.59 Å². The van der Waals surface area contributed by atoms with Gasteiger partial charge in [0.1, 0.15) is 5.94 Å². The number of ether oxygens (including phenoxy) is 1. The maximum absolute atomic E-state index is 12.6. The summed E-state index contributed by atoms with van der Waals surface area (Å²) in [6.07, 6.45) is 1.41. The van der Waals surface area contributed by atoms with Crippen LogP contribution in [0.3, 0.4) is 0 Å². The zero-order valence-corrected chi connectivity index (χ0v) is 17.5. The Kier molecular flexibility index (Phi) is 7.56. The monoisotopic (exact) mass is 384 g/mol. The van der Waals surface area contributed by atoms with E-state index in [0.29, 0.717) is 5.56 Å². The van der Waals surface area contributed by atoms with Gasteiger partial charge in [0, 0.05) is 51.2 Å². The van der Waals surface area contributed by atoms with Crippen LogP contribution in [0.25, 0.3) is 17.2 Å². The highest BCUT2D eigenvalue weighted by molar-refractivity contribution is 6.02. The van der Waals surface area contributed by atoms with Gasteiger partial charge in [-0.1, -0.05) is 0 Å². The number of hydrogen-bond acceptors (Lipinski definition) is 5. The molecule has 2 rings (SSSR count). The van der Waals surface area contributed by atoms with Gasteiger partial charge >= 0.3 is 5.97 Å². The van der Waals surface area contributed by atoms with Crippen LogP contribution in [-0.2, 0) is 9.53 Å². The van der Waals surface area contributed by atoms with Crippen molar-refractivity contribution in [3.05, 3.63) is 46.5 Å². The molecule has 150 valence electrons. The Morgan fingerprint density at radius 3 is 1.89 bits per heavy atom. The van der Waals surface area contributed by atoms with Crippen LogP contribution in [0, 0.1) is 13.8 Å². The number of rotatable bonds is 5. The molecule has 0 aliphatic rings. The summed E-state index contributed by atoms with van der Waals surface area (Å²) in [5.41, 5.74) is 6.59. The number of hydrogen-bond donors (Lipinski definition) is 0. The molecule has 0 aromatic heterocycles. The van der Waals surface area contributed by atoms with E-state index in [2.05, 4.69) is 0 Å². The van der Waals surface area contributed by atoms with E-state index in [9.17, 15) is 9.59 Å². The normalized spacial score (nSPS) is 9.82. The number of carbonyl (C=O) groups excluding carboxylic acids is 2. The predicted molar refractivity (Wildman–Crippen MR) is 115 cm³/mol. The first-order valence-corrected chi connectivity index (χ1v) is 8.64. The van der Waals surface area contributed by atoms with E-state index < -0.39 is 5.97 Å². The molecule has 0 aliphatic carbocycles. The maximum Gasteiger partial charge on any atom is 0.338 e. The zero-order valence-electron chi connectivity index (χ0n) is 17.5. The van der Waals surface area contributed by atoms with E-state index in [1.807, 2.05) is 82.0 Å². The molecule has 0 bridgehead atoms. The largest absolute Gasteiger partial charge is 0.465 e. The molecule has 0 saturated carbocycles. The van der Waals surface area contributed by atoms with Crippen molar-refractivity contribution in [1.29, 1.82) is 0 Å². The molecule has 2 aromatic rings. The Hall–Kier alpha value is -3.08. The molecule has 2 aromatic carbocycles. The minimum Gasteiger partial charge on any atom is -0.465 e. The van der Waals surface area contributed by atoms with E-state index in [-0.39, 0.29) is 5.48 Å². The Labute approximate surface area is 166 Å². The van der Waals surface area contributed by atoms with Crippen molar-refractivity contribution in [2.24, 2.45) is 0 Å². The quantitative estimate of drug-likeness (QED) is 0.585. The third-order valence-corrected chi connectivity index (χ3v) is 4.57. The fourth-order valence-electron chi connectivity index (χ4n) is 3.20. The highest BCUT2D eigenvalue weighted by Crippen LogP contribution is 2.38. The third kappa shape index (κ3) is 4.42. The molecule has 0 amide bonds. The SMILES string of the molecule is COC(=O)c1cc(N(C)C)cc(C)c1-c1c(C)cc(N(C)C)cc1C=C=O.O. The molecule has 0 atom stereocenters. The predicted octanol–water partition coefficient (Wildman–Crippen LogP) is 2.91. The summed E-state index contributed by atoms with van der Waals surface area (Å²) in [6.45, 7) is 3.94. The van der Waals surface area contributed by atoms with E-state index in [4.69, 9.17) is 4.74 Å². The van der Waals surface area contributed by atoms with Gasteiger partial charge in [0.05, 0.1) is 12.7 Å². The van der Waals surface area contributed by atoms with Crippen molar-refractivity contribution in [1.82, 2.24) is 0 Å². The van der Waals surface area contributed by atoms with E-state index >= 15 is 0 Å². The van der Waals surface area contributed by atoms with Gasteiger partial charge in [-0.05, 0) is 60.4 Å². The van der Waals surface area contributed by atoms with Gasteiger partial charge in [0.25, 0.3) is 0 Å². The second kappa shape index (κ2) is 9.22. The summed E-state index contributed by atoms with van der Waals surface area (Å²) < 4.78 is 5.04. The van der Waals surface area contributed by atoms with E-state index in [1.165, 1.54) is 13.2 Å². The number of anilines is 2. The molecular formula is C22H28N2O4. The number of aryl methyl sites for hydroxylation is 2. The molecule has 0 spiro atoms. The lowest BCUT2D eigenvalue weighted by Gasteiger charge is -2.22. The molecule has 2 N–H and O–H groups in total. The lowest BCUT2D eigenvalue weighted by atomic mass is 9.87. The second-order valence-corrected chi connectivity index (χ2v) is 6.95. The topological polar surface area (TPSA) is 81.3 Å². The molecule has 6 heteroatoms. The lowest BCUT2D eigenvalue weighted by Crippen LogP contribution is -2.13.